The summed E-state index contributed by atoms with van der Waals surface area (Å²) >= 11 is 0. The third kappa shape index (κ3) is 2.73. The van der Waals surface area contributed by atoms with Crippen molar-refractivity contribution in [3.05, 3.63) is 35.5 Å². The molecular weight excluding hydrogens is 224 g/mol. The third-order valence-corrected chi connectivity index (χ3v) is 3.25. The zero-order valence-electron chi connectivity index (χ0n) is 11.0. The Bertz CT molecular complexity index is 542. The molecule has 0 fully saturated rings. The molecule has 1 aromatic heterocycles. The molecule has 0 aliphatic heterocycles. The summed E-state index contributed by atoms with van der Waals surface area (Å²) in [5.41, 5.74) is 3.45. The highest BCUT2D eigenvalue weighted by molar-refractivity contribution is 5.85. The van der Waals surface area contributed by atoms with Gasteiger partial charge in [0.05, 0.1) is 0 Å². The van der Waals surface area contributed by atoms with Gasteiger partial charge in [0.1, 0.15) is 0 Å². The number of fused-ring (bicyclic) bond motifs is 1. The number of hydrogen-bond acceptors (Lipinski definition) is 1. The number of rotatable bonds is 5. The Morgan fingerprint density at radius 2 is 2.11 bits per heavy atom. The Labute approximate surface area is 108 Å². The van der Waals surface area contributed by atoms with E-state index >= 15 is 0 Å². The average Bonchev–Trinajstić information content (AvgIpc) is 2.69. The predicted octanol–water partition coefficient (Wildman–Crippen LogP) is 3.28. The molecule has 2 rings (SSSR count). The molecule has 0 unspecified atom stereocenters. The molecule has 18 heavy (non-hydrogen) atoms. The zero-order chi connectivity index (χ0) is 13.0. The zero-order valence-corrected chi connectivity index (χ0v) is 11.0. The van der Waals surface area contributed by atoms with Gasteiger partial charge in [-0.1, -0.05) is 31.5 Å². The second-order valence-electron chi connectivity index (χ2n) is 4.65. The Kier molecular flexibility index (Phi) is 4.03. The first kappa shape index (κ1) is 12.7. The topological polar surface area (TPSA) is 44.9 Å². The SMILES string of the molecule is CCCCC(=O)NCc1c(C)[nH]c2ccccc12. The summed E-state index contributed by atoms with van der Waals surface area (Å²) in [7, 11) is 0. The Morgan fingerprint density at radius 3 is 2.89 bits per heavy atom. The van der Waals surface area contributed by atoms with Crippen LogP contribution in [0.3, 0.4) is 0 Å². The highest BCUT2D eigenvalue weighted by atomic mass is 16.1. The number of H-pyrrole nitrogens is 1. The first-order valence-electron chi connectivity index (χ1n) is 6.55. The number of aryl methyl sites for hydroxylation is 1. The third-order valence-electron chi connectivity index (χ3n) is 3.25. The van der Waals surface area contributed by atoms with Gasteiger partial charge in [-0.05, 0) is 25.0 Å². The molecule has 0 aliphatic carbocycles. The lowest BCUT2D eigenvalue weighted by atomic mass is 10.1. The lowest BCUT2D eigenvalue weighted by Gasteiger charge is -2.05. The van der Waals surface area contributed by atoms with E-state index in [-0.39, 0.29) is 5.91 Å². The van der Waals surface area contributed by atoms with Crippen LogP contribution in [0.25, 0.3) is 10.9 Å². The molecule has 3 heteroatoms. The standard InChI is InChI=1S/C15H20N2O/c1-3-4-9-15(18)16-10-13-11(2)17-14-8-6-5-7-12(13)14/h5-8,17H,3-4,9-10H2,1-2H3,(H,16,18). The van der Waals surface area contributed by atoms with Crippen LogP contribution in [0.1, 0.15) is 37.4 Å². The maximum atomic E-state index is 11.6. The first-order chi connectivity index (χ1) is 8.72. The molecule has 1 amide bonds. The molecule has 96 valence electrons. The summed E-state index contributed by atoms with van der Waals surface area (Å²) in [6.07, 6.45) is 2.64. The van der Waals surface area contributed by atoms with Crippen LogP contribution in [0, 0.1) is 6.92 Å². The van der Waals surface area contributed by atoms with E-state index in [1.807, 2.05) is 19.1 Å². The number of amides is 1. The molecule has 3 nitrogen and oxygen atoms in total. The lowest BCUT2D eigenvalue weighted by Crippen LogP contribution is -2.22. The number of carbonyl (C=O) groups is 1. The molecule has 0 atom stereocenters. The number of benzene rings is 1. The number of unbranched alkanes of at least 4 members (excludes halogenated alkanes) is 1. The minimum absolute atomic E-state index is 0.140. The van der Waals surface area contributed by atoms with Gasteiger partial charge in [-0.2, -0.15) is 0 Å². The van der Waals surface area contributed by atoms with Gasteiger partial charge in [-0.15, -0.1) is 0 Å². The van der Waals surface area contributed by atoms with Crippen molar-refractivity contribution in [3.63, 3.8) is 0 Å². The van der Waals surface area contributed by atoms with Crippen molar-refractivity contribution in [1.82, 2.24) is 10.3 Å². The lowest BCUT2D eigenvalue weighted by molar-refractivity contribution is -0.121. The van der Waals surface area contributed by atoms with Crippen LogP contribution in [0.2, 0.25) is 0 Å². The van der Waals surface area contributed by atoms with Gasteiger partial charge < -0.3 is 10.3 Å². The highest BCUT2D eigenvalue weighted by Crippen LogP contribution is 2.21. The number of carbonyl (C=O) groups excluding carboxylic acids is 1. The van der Waals surface area contributed by atoms with Crippen LogP contribution in [-0.4, -0.2) is 10.9 Å². The van der Waals surface area contributed by atoms with E-state index in [9.17, 15) is 4.79 Å². The van der Waals surface area contributed by atoms with Crippen LogP contribution in [0.5, 0.6) is 0 Å². The van der Waals surface area contributed by atoms with Crippen molar-refractivity contribution in [2.45, 2.75) is 39.7 Å². The molecule has 1 aromatic carbocycles. The molecule has 0 aliphatic rings. The molecule has 2 aromatic rings. The van der Waals surface area contributed by atoms with E-state index in [0.717, 1.165) is 24.1 Å². The summed E-state index contributed by atoms with van der Waals surface area (Å²) in [6, 6.07) is 8.19. The van der Waals surface area contributed by atoms with Gasteiger partial charge in [0.2, 0.25) is 5.91 Å². The fourth-order valence-corrected chi connectivity index (χ4v) is 2.18. The van der Waals surface area contributed by atoms with Crippen molar-refractivity contribution in [1.29, 1.82) is 0 Å². The summed E-state index contributed by atoms with van der Waals surface area (Å²) < 4.78 is 0. The minimum atomic E-state index is 0.140. The number of aromatic nitrogens is 1. The molecule has 0 saturated carbocycles. The van der Waals surface area contributed by atoms with Gasteiger partial charge in [0.25, 0.3) is 0 Å². The number of hydrogen-bond donors (Lipinski definition) is 2. The highest BCUT2D eigenvalue weighted by Gasteiger charge is 2.08. The van der Waals surface area contributed by atoms with Crippen molar-refractivity contribution in [3.8, 4) is 0 Å². The second-order valence-corrected chi connectivity index (χ2v) is 4.65. The predicted molar refractivity (Wildman–Crippen MR) is 74.4 cm³/mol. The van der Waals surface area contributed by atoms with Crippen LogP contribution in [0.15, 0.2) is 24.3 Å². The van der Waals surface area contributed by atoms with E-state index in [2.05, 4.69) is 29.4 Å². The summed E-state index contributed by atoms with van der Waals surface area (Å²) in [4.78, 5) is 15.0. The van der Waals surface area contributed by atoms with Gasteiger partial charge in [-0.25, -0.2) is 0 Å². The van der Waals surface area contributed by atoms with E-state index in [1.165, 1.54) is 10.9 Å². The van der Waals surface area contributed by atoms with Gasteiger partial charge >= 0.3 is 0 Å². The number of para-hydroxylation sites is 1. The normalized spacial score (nSPS) is 10.8. The summed E-state index contributed by atoms with van der Waals surface area (Å²) in [6.45, 7) is 4.75. The molecule has 0 saturated heterocycles. The van der Waals surface area contributed by atoms with Gasteiger partial charge in [-0.3, -0.25) is 4.79 Å². The summed E-state index contributed by atoms with van der Waals surface area (Å²) in [5, 5.41) is 4.19. The number of nitrogens with one attached hydrogen (secondary N) is 2. The van der Waals surface area contributed by atoms with E-state index in [0.29, 0.717) is 13.0 Å². The van der Waals surface area contributed by atoms with E-state index in [4.69, 9.17) is 0 Å². The molecule has 1 heterocycles. The van der Waals surface area contributed by atoms with Gasteiger partial charge in [0.15, 0.2) is 0 Å². The first-order valence-corrected chi connectivity index (χ1v) is 6.55. The fourth-order valence-electron chi connectivity index (χ4n) is 2.18. The molecule has 0 bridgehead atoms. The Morgan fingerprint density at radius 1 is 1.33 bits per heavy atom. The second kappa shape index (κ2) is 5.71. The van der Waals surface area contributed by atoms with Crippen molar-refractivity contribution < 1.29 is 4.79 Å². The van der Waals surface area contributed by atoms with Crippen LogP contribution >= 0.6 is 0 Å². The van der Waals surface area contributed by atoms with E-state index in [1.54, 1.807) is 0 Å². The van der Waals surface area contributed by atoms with Crippen LogP contribution < -0.4 is 5.32 Å². The largest absolute Gasteiger partial charge is 0.358 e. The smallest absolute Gasteiger partial charge is 0.220 e. The maximum absolute atomic E-state index is 11.6. The minimum Gasteiger partial charge on any atom is -0.358 e. The fraction of sp³-hybridized carbons (Fsp3) is 0.400. The van der Waals surface area contributed by atoms with Crippen molar-refractivity contribution in [2.24, 2.45) is 0 Å². The molecular formula is C15H20N2O. The Balaban J connectivity index is 2.07. The molecule has 0 radical (unpaired) electrons. The Hall–Kier alpha value is -1.77. The average molecular weight is 244 g/mol. The quantitative estimate of drug-likeness (QED) is 0.833. The monoisotopic (exact) mass is 244 g/mol. The van der Waals surface area contributed by atoms with E-state index < -0.39 is 0 Å². The molecule has 0 spiro atoms. The van der Waals surface area contributed by atoms with Crippen LogP contribution in [-0.2, 0) is 11.3 Å². The van der Waals surface area contributed by atoms with Crippen LogP contribution in [0.4, 0.5) is 0 Å². The number of aromatic amines is 1. The maximum Gasteiger partial charge on any atom is 0.220 e. The van der Waals surface area contributed by atoms with Crippen molar-refractivity contribution >= 4 is 16.8 Å². The molecule has 2 N–H and O–H groups in total. The van der Waals surface area contributed by atoms with Crippen molar-refractivity contribution in [2.75, 3.05) is 0 Å². The summed E-state index contributed by atoms with van der Waals surface area (Å²) in [5.74, 6) is 0.140. The van der Waals surface area contributed by atoms with Gasteiger partial charge in [0, 0.05) is 29.6 Å².